The standard InChI is InChI=1S/C12H11F6NO/c13-11(14,15)10(12(16,17)18)8(19)7-3-1-2-6-4-5-20-9(6)7/h1-3,8,10H,4-5,19H2. The zero-order valence-electron chi connectivity index (χ0n) is 10.1. The third-order valence-electron chi connectivity index (χ3n) is 3.17. The summed E-state index contributed by atoms with van der Waals surface area (Å²) in [6.07, 6.45) is -10.5. The molecule has 2 N–H and O–H groups in total. The summed E-state index contributed by atoms with van der Waals surface area (Å²) in [4.78, 5) is 0. The second kappa shape index (κ2) is 4.83. The van der Waals surface area contributed by atoms with Gasteiger partial charge in [0.05, 0.1) is 12.6 Å². The predicted octanol–water partition coefficient (Wildman–Crippen LogP) is 3.36. The van der Waals surface area contributed by atoms with E-state index in [4.69, 9.17) is 10.5 Å². The summed E-state index contributed by atoms with van der Waals surface area (Å²) in [5, 5.41) is 0. The van der Waals surface area contributed by atoms with Crippen molar-refractivity contribution in [3.63, 3.8) is 0 Å². The van der Waals surface area contributed by atoms with E-state index in [1.165, 1.54) is 6.07 Å². The number of benzene rings is 1. The average Bonchev–Trinajstić information content (AvgIpc) is 2.71. The van der Waals surface area contributed by atoms with Crippen molar-refractivity contribution in [2.75, 3.05) is 6.61 Å². The van der Waals surface area contributed by atoms with Gasteiger partial charge >= 0.3 is 12.4 Å². The lowest BCUT2D eigenvalue weighted by Crippen LogP contribution is -2.44. The Balaban J connectivity index is 2.44. The number of rotatable bonds is 2. The van der Waals surface area contributed by atoms with Crippen LogP contribution in [0.25, 0.3) is 0 Å². The minimum absolute atomic E-state index is 0.0403. The molecule has 0 fully saturated rings. The predicted molar refractivity (Wildman–Crippen MR) is 58.2 cm³/mol. The second-order valence-electron chi connectivity index (χ2n) is 4.52. The van der Waals surface area contributed by atoms with E-state index in [9.17, 15) is 26.3 Å². The Morgan fingerprint density at radius 1 is 1.05 bits per heavy atom. The van der Waals surface area contributed by atoms with Crippen molar-refractivity contribution in [2.45, 2.75) is 24.8 Å². The zero-order chi connectivity index (χ0) is 15.1. The highest BCUT2D eigenvalue weighted by Crippen LogP contribution is 2.47. The fourth-order valence-electron chi connectivity index (χ4n) is 2.28. The molecule has 1 unspecified atom stereocenters. The molecule has 0 aliphatic carbocycles. The molecule has 1 aliphatic heterocycles. The van der Waals surface area contributed by atoms with Gasteiger partial charge in [-0.1, -0.05) is 18.2 Å². The number of para-hydroxylation sites is 1. The maximum Gasteiger partial charge on any atom is 0.402 e. The molecule has 1 atom stereocenters. The van der Waals surface area contributed by atoms with Crippen LogP contribution in [0.2, 0.25) is 0 Å². The molecule has 20 heavy (non-hydrogen) atoms. The number of hydrogen-bond acceptors (Lipinski definition) is 2. The molecule has 0 saturated heterocycles. The highest BCUT2D eigenvalue weighted by atomic mass is 19.4. The summed E-state index contributed by atoms with van der Waals surface area (Å²) in [5.41, 5.74) is 5.57. The SMILES string of the molecule is NC(c1cccc2c1OCC2)C(C(F)(F)F)C(F)(F)F. The van der Waals surface area contributed by atoms with Crippen molar-refractivity contribution < 1.29 is 31.1 Å². The van der Waals surface area contributed by atoms with E-state index in [-0.39, 0.29) is 17.9 Å². The summed E-state index contributed by atoms with van der Waals surface area (Å²) in [7, 11) is 0. The highest BCUT2D eigenvalue weighted by molar-refractivity contribution is 5.46. The van der Waals surface area contributed by atoms with Crippen molar-refractivity contribution in [1.82, 2.24) is 0 Å². The van der Waals surface area contributed by atoms with Crippen LogP contribution in [-0.4, -0.2) is 19.0 Å². The van der Waals surface area contributed by atoms with Crippen LogP contribution in [0.3, 0.4) is 0 Å². The maximum atomic E-state index is 12.7. The molecule has 0 radical (unpaired) electrons. The van der Waals surface area contributed by atoms with Gasteiger partial charge in [0.2, 0.25) is 0 Å². The van der Waals surface area contributed by atoms with Crippen LogP contribution in [0.1, 0.15) is 17.2 Å². The molecule has 2 rings (SSSR count). The van der Waals surface area contributed by atoms with Crippen LogP contribution in [-0.2, 0) is 6.42 Å². The molecule has 1 aliphatic rings. The minimum Gasteiger partial charge on any atom is -0.493 e. The van der Waals surface area contributed by atoms with Crippen molar-refractivity contribution in [1.29, 1.82) is 0 Å². The number of alkyl halides is 6. The fraction of sp³-hybridized carbons (Fsp3) is 0.500. The monoisotopic (exact) mass is 299 g/mol. The third-order valence-corrected chi connectivity index (χ3v) is 3.17. The Labute approximate surface area is 110 Å². The van der Waals surface area contributed by atoms with Crippen LogP contribution in [0, 0.1) is 5.92 Å². The van der Waals surface area contributed by atoms with Crippen molar-refractivity contribution in [2.24, 2.45) is 11.7 Å². The van der Waals surface area contributed by atoms with Crippen molar-refractivity contribution >= 4 is 0 Å². The molecular formula is C12H11F6NO. The number of nitrogens with two attached hydrogens (primary N) is 1. The van der Waals surface area contributed by atoms with Gasteiger partial charge in [-0.2, -0.15) is 26.3 Å². The van der Waals surface area contributed by atoms with E-state index in [0.717, 1.165) is 6.07 Å². The Morgan fingerprint density at radius 3 is 2.20 bits per heavy atom. The number of ether oxygens (including phenoxy) is 1. The largest absolute Gasteiger partial charge is 0.493 e. The number of halogens is 6. The fourth-order valence-corrected chi connectivity index (χ4v) is 2.28. The van der Waals surface area contributed by atoms with Gasteiger partial charge in [0, 0.05) is 12.0 Å². The van der Waals surface area contributed by atoms with E-state index in [0.29, 0.717) is 12.0 Å². The molecule has 0 amide bonds. The molecule has 0 bridgehead atoms. The number of hydrogen-bond donors (Lipinski definition) is 1. The van der Waals surface area contributed by atoms with Gasteiger partial charge in [-0.25, -0.2) is 0 Å². The lowest BCUT2D eigenvalue weighted by molar-refractivity contribution is -0.290. The van der Waals surface area contributed by atoms with Crippen LogP contribution < -0.4 is 10.5 Å². The van der Waals surface area contributed by atoms with Crippen LogP contribution in [0.15, 0.2) is 18.2 Å². The summed E-state index contributed by atoms with van der Waals surface area (Å²) in [6.45, 7) is 0.224. The zero-order valence-corrected chi connectivity index (χ0v) is 10.1. The van der Waals surface area contributed by atoms with Crippen LogP contribution in [0.5, 0.6) is 5.75 Å². The molecule has 1 heterocycles. The van der Waals surface area contributed by atoms with Crippen LogP contribution >= 0.6 is 0 Å². The molecule has 1 aromatic rings. The Morgan fingerprint density at radius 2 is 1.65 bits per heavy atom. The molecule has 0 saturated carbocycles. The van der Waals surface area contributed by atoms with Gasteiger partial charge in [0.25, 0.3) is 0 Å². The molecule has 0 aromatic heterocycles. The molecule has 112 valence electrons. The summed E-state index contributed by atoms with van der Waals surface area (Å²) >= 11 is 0. The first-order chi connectivity index (χ1) is 9.12. The molecular weight excluding hydrogens is 288 g/mol. The first kappa shape index (κ1) is 15.0. The van der Waals surface area contributed by atoms with E-state index < -0.39 is 24.3 Å². The number of fused-ring (bicyclic) bond motifs is 1. The van der Waals surface area contributed by atoms with Gasteiger partial charge in [0.15, 0.2) is 5.92 Å². The Hall–Kier alpha value is -1.44. The minimum atomic E-state index is -5.47. The normalized spacial score (nSPS) is 17.0. The lowest BCUT2D eigenvalue weighted by Gasteiger charge is -2.29. The van der Waals surface area contributed by atoms with Gasteiger partial charge in [-0.05, 0) is 5.56 Å². The molecule has 8 heteroatoms. The quantitative estimate of drug-likeness (QED) is 0.850. The first-order valence-corrected chi connectivity index (χ1v) is 5.76. The van der Waals surface area contributed by atoms with E-state index in [1.807, 2.05) is 0 Å². The van der Waals surface area contributed by atoms with E-state index in [1.54, 1.807) is 6.07 Å². The van der Waals surface area contributed by atoms with Gasteiger partial charge in [-0.15, -0.1) is 0 Å². The second-order valence-corrected chi connectivity index (χ2v) is 4.52. The lowest BCUT2D eigenvalue weighted by atomic mass is 9.91. The summed E-state index contributed by atoms with van der Waals surface area (Å²) in [5.74, 6) is -3.58. The molecule has 0 spiro atoms. The average molecular weight is 299 g/mol. The van der Waals surface area contributed by atoms with Crippen molar-refractivity contribution in [3.05, 3.63) is 29.3 Å². The Kier molecular flexibility index (Phi) is 3.62. The first-order valence-electron chi connectivity index (χ1n) is 5.76. The summed E-state index contributed by atoms with van der Waals surface area (Å²) in [6, 6.07) is 1.86. The van der Waals surface area contributed by atoms with E-state index in [2.05, 4.69) is 0 Å². The third kappa shape index (κ3) is 2.70. The highest BCUT2D eigenvalue weighted by Gasteiger charge is 2.60. The summed E-state index contributed by atoms with van der Waals surface area (Å²) < 4.78 is 81.1. The van der Waals surface area contributed by atoms with Crippen LogP contribution in [0.4, 0.5) is 26.3 Å². The maximum absolute atomic E-state index is 12.7. The van der Waals surface area contributed by atoms with Gasteiger partial charge in [0.1, 0.15) is 5.75 Å². The molecule has 2 nitrogen and oxygen atoms in total. The van der Waals surface area contributed by atoms with Gasteiger partial charge in [-0.3, -0.25) is 0 Å². The smallest absolute Gasteiger partial charge is 0.402 e. The molecule has 1 aromatic carbocycles. The van der Waals surface area contributed by atoms with E-state index >= 15 is 0 Å². The Bertz CT molecular complexity index is 482. The topological polar surface area (TPSA) is 35.2 Å². The van der Waals surface area contributed by atoms with Crippen molar-refractivity contribution in [3.8, 4) is 5.75 Å². The van der Waals surface area contributed by atoms with Gasteiger partial charge < -0.3 is 10.5 Å².